The Morgan fingerprint density at radius 3 is 2.25 bits per heavy atom. The average molecular weight is 299 g/mol. The lowest BCUT2D eigenvalue weighted by Crippen LogP contribution is -2.45. The summed E-state index contributed by atoms with van der Waals surface area (Å²) in [6.07, 6.45) is 0. The number of carboxylic acid groups (broad SMARTS) is 1. The number of rotatable bonds is 5. The summed E-state index contributed by atoms with van der Waals surface area (Å²) in [6.45, 7) is 6.88. The maximum absolute atomic E-state index is 12.2. The summed E-state index contributed by atoms with van der Waals surface area (Å²) in [4.78, 5) is 12.8. The van der Waals surface area contributed by atoms with Gasteiger partial charge in [-0.25, -0.2) is 8.42 Å². The number of carboxylic acids is 1. The van der Waals surface area contributed by atoms with Crippen LogP contribution in [0.5, 0.6) is 0 Å². The fraction of sp³-hybridized carbons (Fsp3) is 0.500. The van der Waals surface area contributed by atoms with Gasteiger partial charge in [0, 0.05) is 5.54 Å². The molecule has 0 bridgehead atoms. The molecule has 6 heteroatoms. The van der Waals surface area contributed by atoms with Crippen LogP contribution in [0.3, 0.4) is 0 Å². The van der Waals surface area contributed by atoms with Gasteiger partial charge in [-0.15, -0.1) is 0 Å². The van der Waals surface area contributed by atoms with E-state index in [9.17, 15) is 13.2 Å². The predicted octanol–water partition coefficient (Wildman–Crippen LogP) is 2.17. The number of sulfone groups is 1. The normalized spacial score (nSPS) is 12.2. The second-order valence-corrected chi connectivity index (χ2v) is 7.77. The van der Waals surface area contributed by atoms with Gasteiger partial charge in [-0.2, -0.15) is 0 Å². The van der Waals surface area contributed by atoms with Crippen molar-refractivity contribution in [2.45, 2.75) is 38.1 Å². The lowest BCUT2D eigenvalue weighted by molar-refractivity contribution is -0.135. The standard InChI is InChI=1S/C14H21NO4S/c1-5-20(18,19)12-9-7-6-8-11(12)15(10-13(16)17)14(2,3)4/h6-9H,5,10H2,1-4H3,(H,16,17). The highest BCUT2D eigenvalue weighted by Gasteiger charge is 2.28. The second kappa shape index (κ2) is 5.83. The number of hydrogen-bond acceptors (Lipinski definition) is 4. The smallest absolute Gasteiger partial charge is 0.323 e. The fourth-order valence-corrected chi connectivity index (χ4v) is 3.01. The van der Waals surface area contributed by atoms with E-state index in [1.54, 1.807) is 30.0 Å². The van der Waals surface area contributed by atoms with E-state index in [1.165, 1.54) is 6.07 Å². The zero-order valence-electron chi connectivity index (χ0n) is 12.3. The Hall–Kier alpha value is -1.56. The molecule has 0 amide bonds. The van der Waals surface area contributed by atoms with Crippen LogP contribution in [0, 0.1) is 0 Å². The molecule has 0 saturated heterocycles. The van der Waals surface area contributed by atoms with Crippen molar-refractivity contribution in [3.63, 3.8) is 0 Å². The molecule has 0 heterocycles. The molecule has 20 heavy (non-hydrogen) atoms. The molecule has 0 unspecified atom stereocenters. The van der Waals surface area contributed by atoms with Crippen molar-refractivity contribution in [2.75, 3.05) is 17.2 Å². The van der Waals surface area contributed by atoms with E-state index in [2.05, 4.69) is 0 Å². The Morgan fingerprint density at radius 1 is 1.25 bits per heavy atom. The van der Waals surface area contributed by atoms with E-state index in [1.807, 2.05) is 20.8 Å². The maximum atomic E-state index is 12.2. The average Bonchev–Trinajstić information content (AvgIpc) is 2.34. The first-order valence-corrected chi connectivity index (χ1v) is 8.06. The lowest BCUT2D eigenvalue weighted by atomic mass is 10.0. The number of para-hydroxylation sites is 1. The van der Waals surface area contributed by atoms with Crippen LogP contribution in [0.2, 0.25) is 0 Å². The Bertz CT molecular complexity index is 587. The second-order valence-electron chi connectivity index (χ2n) is 5.52. The quantitative estimate of drug-likeness (QED) is 0.902. The number of nitrogens with zero attached hydrogens (tertiary/aromatic N) is 1. The topological polar surface area (TPSA) is 74.7 Å². The van der Waals surface area contributed by atoms with Gasteiger partial charge < -0.3 is 10.0 Å². The molecule has 0 aliphatic carbocycles. The van der Waals surface area contributed by atoms with Crippen LogP contribution in [-0.4, -0.2) is 37.3 Å². The van der Waals surface area contributed by atoms with Crippen molar-refractivity contribution >= 4 is 21.5 Å². The van der Waals surface area contributed by atoms with E-state index in [4.69, 9.17) is 5.11 Å². The molecule has 0 spiro atoms. The Balaban J connectivity index is 3.46. The van der Waals surface area contributed by atoms with E-state index >= 15 is 0 Å². The first kappa shape index (κ1) is 16.5. The van der Waals surface area contributed by atoms with Gasteiger partial charge in [0.25, 0.3) is 0 Å². The number of carbonyl (C=O) groups is 1. The first-order chi connectivity index (χ1) is 9.09. The maximum Gasteiger partial charge on any atom is 0.323 e. The molecule has 0 aliphatic heterocycles. The minimum atomic E-state index is -3.40. The molecule has 0 aliphatic rings. The van der Waals surface area contributed by atoms with Gasteiger partial charge in [0.2, 0.25) is 0 Å². The van der Waals surface area contributed by atoms with Gasteiger partial charge in [0.15, 0.2) is 9.84 Å². The number of benzene rings is 1. The molecule has 1 rings (SSSR count). The molecule has 0 saturated carbocycles. The summed E-state index contributed by atoms with van der Waals surface area (Å²) < 4.78 is 24.3. The van der Waals surface area contributed by atoms with Gasteiger partial charge in [-0.3, -0.25) is 4.79 Å². The van der Waals surface area contributed by atoms with Crippen molar-refractivity contribution in [1.82, 2.24) is 0 Å². The molecular weight excluding hydrogens is 278 g/mol. The largest absolute Gasteiger partial charge is 0.480 e. The fourth-order valence-electron chi connectivity index (χ4n) is 1.92. The summed E-state index contributed by atoms with van der Waals surface area (Å²) in [6, 6.07) is 6.53. The van der Waals surface area contributed by atoms with Crippen LogP contribution in [-0.2, 0) is 14.6 Å². The third-order valence-corrected chi connectivity index (χ3v) is 4.75. The molecule has 1 aromatic carbocycles. The Labute approximate surface area is 120 Å². The van der Waals surface area contributed by atoms with E-state index in [-0.39, 0.29) is 17.2 Å². The SMILES string of the molecule is CCS(=O)(=O)c1ccccc1N(CC(=O)O)C(C)(C)C. The van der Waals surface area contributed by atoms with Crippen LogP contribution in [0.1, 0.15) is 27.7 Å². The highest BCUT2D eigenvalue weighted by Crippen LogP contribution is 2.30. The molecular formula is C14H21NO4S. The van der Waals surface area contributed by atoms with Crippen molar-refractivity contribution in [3.8, 4) is 0 Å². The molecule has 1 N–H and O–H groups in total. The third kappa shape index (κ3) is 3.72. The van der Waals surface area contributed by atoms with Gasteiger partial charge in [0.05, 0.1) is 16.3 Å². The molecule has 0 atom stereocenters. The summed E-state index contributed by atoms with van der Waals surface area (Å²) in [5.41, 5.74) is -0.0677. The van der Waals surface area contributed by atoms with Crippen LogP contribution < -0.4 is 4.90 Å². The lowest BCUT2D eigenvalue weighted by Gasteiger charge is -2.37. The van der Waals surface area contributed by atoms with Gasteiger partial charge in [-0.1, -0.05) is 19.1 Å². The summed E-state index contributed by atoms with van der Waals surface area (Å²) >= 11 is 0. The van der Waals surface area contributed by atoms with Crippen molar-refractivity contribution < 1.29 is 18.3 Å². The minimum Gasteiger partial charge on any atom is -0.480 e. The predicted molar refractivity (Wildman–Crippen MR) is 78.9 cm³/mol. The number of anilines is 1. The molecule has 0 aromatic heterocycles. The molecule has 112 valence electrons. The van der Waals surface area contributed by atoms with Crippen molar-refractivity contribution in [1.29, 1.82) is 0 Å². The third-order valence-electron chi connectivity index (χ3n) is 2.97. The monoisotopic (exact) mass is 299 g/mol. The Morgan fingerprint density at radius 2 is 1.80 bits per heavy atom. The van der Waals surface area contributed by atoms with Gasteiger partial charge >= 0.3 is 5.97 Å². The highest BCUT2D eigenvalue weighted by atomic mass is 32.2. The highest BCUT2D eigenvalue weighted by molar-refractivity contribution is 7.91. The van der Waals surface area contributed by atoms with E-state index in [0.717, 1.165) is 0 Å². The molecule has 0 fully saturated rings. The van der Waals surface area contributed by atoms with E-state index < -0.39 is 21.3 Å². The summed E-state index contributed by atoms with van der Waals surface area (Å²) in [5.74, 6) is -1.02. The van der Waals surface area contributed by atoms with E-state index in [0.29, 0.717) is 5.69 Å². The molecule has 0 radical (unpaired) electrons. The summed E-state index contributed by atoms with van der Waals surface area (Å²) in [5, 5.41) is 9.07. The number of aliphatic carboxylic acids is 1. The molecule has 1 aromatic rings. The first-order valence-electron chi connectivity index (χ1n) is 6.41. The van der Waals surface area contributed by atoms with Crippen LogP contribution >= 0.6 is 0 Å². The van der Waals surface area contributed by atoms with Crippen LogP contribution in [0.4, 0.5) is 5.69 Å². The zero-order chi connectivity index (χ0) is 15.6. The minimum absolute atomic E-state index is 0.0188. The Kier molecular flexibility index (Phi) is 4.81. The number of hydrogen-bond donors (Lipinski definition) is 1. The van der Waals surface area contributed by atoms with Crippen molar-refractivity contribution in [2.24, 2.45) is 0 Å². The van der Waals surface area contributed by atoms with Crippen LogP contribution in [0.15, 0.2) is 29.2 Å². The van der Waals surface area contributed by atoms with Gasteiger partial charge in [0.1, 0.15) is 6.54 Å². The zero-order valence-corrected chi connectivity index (χ0v) is 13.1. The molecule has 5 nitrogen and oxygen atoms in total. The summed E-state index contributed by atoms with van der Waals surface area (Å²) in [7, 11) is -3.40. The van der Waals surface area contributed by atoms with Gasteiger partial charge in [-0.05, 0) is 32.9 Å². The van der Waals surface area contributed by atoms with Crippen LogP contribution in [0.25, 0.3) is 0 Å². The van der Waals surface area contributed by atoms with Crippen molar-refractivity contribution in [3.05, 3.63) is 24.3 Å².